The molecule has 138 valence electrons. The Bertz CT molecular complexity index is 810. The molecule has 1 aliphatic heterocycles. The van der Waals surface area contributed by atoms with Crippen LogP contribution in [-0.2, 0) is 26.1 Å². The van der Waals surface area contributed by atoms with E-state index in [1.807, 2.05) is 48.5 Å². The number of benzene rings is 1. The lowest BCUT2D eigenvalue weighted by atomic mass is 10.1. The van der Waals surface area contributed by atoms with E-state index in [9.17, 15) is 8.42 Å². The molecule has 1 aromatic carbocycles. The third-order valence-corrected chi connectivity index (χ3v) is 5.14. The minimum absolute atomic E-state index is 0.259. The Labute approximate surface area is 153 Å². The first kappa shape index (κ1) is 18.7. The van der Waals surface area contributed by atoms with Crippen molar-refractivity contribution in [3.8, 4) is 0 Å². The molecule has 6 nitrogen and oxygen atoms in total. The summed E-state index contributed by atoms with van der Waals surface area (Å²) in [6.45, 7) is 1.17. The van der Waals surface area contributed by atoms with Gasteiger partial charge >= 0.3 is 0 Å². The maximum absolute atomic E-state index is 12.4. The molecule has 7 heteroatoms. The summed E-state index contributed by atoms with van der Waals surface area (Å²) in [6.07, 6.45) is 3.64. The van der Waals surface area contributed by atoms with Crippen molar-refractivity contribution < 1.29 is 17.9 Å². The molecule has 3 rings (SSSR count). The number of hydrogen-bond acceptors (Lipinski definition) is 5. The van der Waals surface area contributed by atoms with Gasteiger partial charge in [0.1, 0.15) is 0 Å². The molecule has 0 unspecified atom stereocenters. The normalized spacial score (nSPS) is 21.1. The van der Waals surface area contributed by atoms with Gasteiger partial charge in [0.05, 0.1) is 31.1 Å². The lowest BCUT2D eigenvalue weighted by molar-refractivity contribution is -0.0579. The molecule has 1 saturated heterocycles. The average Bonchev–Trinajstić information content (AvgIpc) is 2.67. The van der Waals surface area contributed by atoms with Crippen LogP contribution in [0.5, 0.6) is 0 Å². The zero-order chi connectivity index (χ0) is 18.2. The standard InChI is InChI=1S/C19H22N2O4S/c22-26(23,13-10-16-6-2-1-3-7-16)21-18-15-24-12-9-19(18)25-14-17-8-4-5-11-20-17/h1-8,10-11,13,18-19,21H,9,12,14-15H2/t18-,19-/m1/s1. The molecule has 2 aromatic rings. The third kappa shape index (κ3) is 5.74. The van der Waals surface area contributed by atoms with Crippen LogP contribution in [0, 0.1) is 0 Å². The van der Waals surface area contributed by atoms with Gasteiger partial charge in [-0.25, -0.2) is 13.1 Å². The van der Waals surface area contributed by atoms with Crippen LogP contribution in [0.15, 0.2) is 60.1 Å². The molecular formula is C19H22N2O4S. The van der Waals surface area contributed by atoms with Gasteiger partial charge in [-0.15, -0.1) is 0 Å². The molecule has 0 spiro atoms. The minimum atomic E-state index is -3.60. The first-order valence-corrected chi connectivity index (χ1v) is 10.0. The molecule has 2 atom stereocenters. The largest absolute Gasteiger partial charge is 0.380 e. The quantitative estimate of drug-likeness (QED) is 0.805. The number of ether oxygens (including phenoxy) is 2. The van der Waals surface area contributed by atoms with Crippen molar-refractivity contribution in [2.75, 3.05) is 13.2 Å². The Balaban J connectivity index is 1.61. The predicted octanol–water partition coefficient (Wildman–Crippen LogP) is 2.35. The van der Waals surface area contributed by atoms with Crippen LogP contribution in [0.2, 0.25) is 0 Å². The molecule has 2 heterocycles. The van der Waals surface area contributed by atoms with E-state index >= 15 is 0 Å². The highest BCUT2D eigenvalue weighted by atomic mass is 32.2. The molecule has 0 radical (unpaired) electrons. The molecule has 1 N–H and O–H groups in total. The van der Waals surface area contributed by atoms with Gasteiger partial charge in [-0.2, -0.15) is 0 Å². The van der Waals surface area contributed by atoms with E-state index in [2.05, 4.69) is 9.71 Å². The van der Waals surface area contributed by atoms with E-state index in [4.69, 9.17) is 9.47 Å². The summed E-state index contributed by atoms with van der Waals surface area (Å²) >= 11 is 0. The SMILES string of the molecule is O=S(=O)(C=Cc1ccccc1)N[C@@H]1COCC[C@H]1OCc1ccccn1. The van der Waals surface area contributed by atoms with Crippen molar-refractivity contribution in [1.82, 2.24) is 9.71 Å². The molecular weight excluding hydrogens is 352 g/mol. The number of nitrogens with one attached hydrogen (secondary N) is 1. The van der Waals surface area contributed by atoms with Gasteiger partial charge in [-0.3, -0.25) is 4.98 Å². The predicted molar refractivity (Wildman–Crippen MR) is 99.6 cm³/mol. The summed E-state index contributed by atoms with van der Waals surface area (Å²) in [6, 6.07) is 14.5. The number of pyridine rings is 1. The van der Waals surface area contributed by atoms with Crippen molar-refractivity contribution in [3.05, 3.63) is 71.4 Å². The highest BCUT2D eigenvalue weighted by molar-refractivity contribution is 7.92. The second-order valence-electron chi connectivity index (χ2n) is 6.02. The Morgan fingerprint density at radius 2 is 2.00 bits per heavy atom. The Morgan fingerprint density at radius 1 is 1.19 bits per heavy atom. The van der Waals surface area contributed by atoms with Gasteiger partial charge in [-0.05, 0) is 30.2 Å². The zero-order valence-corrected chi connectivity index (χ0v) is 15.1. The topological polar surface area (TPSA) is 77.5 Å². The molecule has 1 aliphatic rings. The van der Waals surface area contributed by atoms with Gasteiger partial charge in [0, 0.05) is 18.2 Å². The average molecular weight is 374 g/mol. The second kappa shape index (κ2) is 9.05. The summed E-state index contributed by atoms with van der Waals surface area (Å²) in [5.41, 5.74) is 1.63. The highest BCUT2D eigenvalue weighted by Crippen LogP contribution is 2.15. The molecule has 0 saturated carbocycles. The number of aromatic nitrogens is 1. The van der Waals surface area contributed by atoms with Crippen LogP contribution in [0.25, 0.3) is 6.08 Å². The van der Waals surface area contributed by atoms with Crippen molar-refractivity contribution in [2.45, 2.75) is 25.2 Å². The van der Waals surface area contributed by atoms with Crippen LogP contribution in [0.3, 0.4) is 0 Å². The maximum atomic E-state index is 12.4. The number of hydrogen-bond donors (Lipinski definition) is 1. The maximum Gasteiger partial charge on any atom is 0.234 e. The van der Waals surface area contributed by atoms with E-state index in [1.54, 1.807) is 12.3 Å². The number of sulfonamides is 1. The van der Waals surface area contributed by atoms with Crippen LogP contribution in [0.4, 0.5) is 0 Å². The van der Waals surface area contributed by atoms with E-state index in [0.29, 0.717) is 19.6 Å². The van der Waals surface area contributed by atoms with Gasteiger partial charge in [0.15, 0.2) is 0 Å². The Hall–Kier alpha value is -2.06. The second-order valence-corrected chi connectivity index (χ2v) is 7.61. The fourth-order valence-electron chi connectivity index (χ4n) is 2.69. The Morgan fingerprint density at radius 3 is 2.77 bits per heavy atom. The van der Waals surface area contributed by atoms with Crippen molar-refractivity contribution in [2.24, 2.45) is 0 Å². The number of rotatable bonds is 7. The van der Waals surface area contributed by atoms with E-state index in [0.717, 1.165) is 11.3 Å². The van der Waals surface area contributed by atoms with E-state index in [-0.39, 0.29) is 12.7 Å². The van der Waals surface area contributed by atoms with Crippen LogP contribution in [0.1, 0.15) is 17.7 Å². The molecule has 1 fully saturated rings. The van der Waals surface area contributed by atoms with E-state index < -0.39 is 16.1 Å². The summed E-state index contributed by atoms with van der Waals surface area (Å²) in [5, 5.41) is 1.17. The lowest BCUT2D eigenvalue weighted by Gasteiger charge is -2.31. The monoisotopic (exact) mass is 374 g/mol. The summed E-state index contributed by atoms with van der Waals surface area (Å²) < 4.78 is 38.7. The van der Waals surface area contributed by atoms with Crippen molar-refractivity contribution in [3.63, 3.8) is 0 Å². The van der Waals surface area contributed by atoms with Crippen molar-refractivity contribution in [1.29, 1.82) is 0 Å². The molecule has 0 aliphatic carbocycles. The molecule has 1 aromatic heterocycles. The van der Waals surface area contributed by atoms with Gasteiger partial charge in [0.2, 0.25) is 10.0 Å². The van der Waals surface area contributed by atoms with E-state index in [1.165, 1.54) is 5.41 Å². The first-order valence-electron chi connectivity index (χ1n) is 8.47. The zero-order valence-electron chi connectivity index (χ0n) is 14.3. The summed E-state index contributed by atoms with van der Waals surface area (Å²) in [5.74, 6) is 0. The first-order chi connectivity index (χ1) is 12.6. The number of nitrogens with zero attached hydrogens (tertiary/aromatic N) is 1. The lowest BCUT2D eigenvalue weighted by Crippen LogP contribution is -2.49. The fraction of sp³-hybridized carbons (Fsp3) is 0.316. The smallest absolute Gasteiger partial charge is 0.234 e. The fourth-order valence-corrected chi connectivity index (χ4v) is 3.74. The molecule has 0 bridgehead atoms. The van der Waals surface area contributed by atoms with Gasteiger partial charge < -0.3 is 9.47 Å². The Kier molecular flexibility index (Phi) is 6.51. The van der Waals surface area contributed by atoms with Crippen LogP contribution < -0.4 is 4.72 Å². The molecule has 26 heavy (non-hydrogen) atoms. The van der Waals surface area contributed by atoms with Crippen LogP contribution in [-0.4, -0.2) is 38.8 Å². The van der Waals surface area contributed by atoms with Crippen molar-refractivity contribution >= 4 is 16.1 Å². The molecule has 0 amide bonds. The van der Waals surface area contributed by atoms with Gasteiger partial charge in [0.25, 0.3) is 0 Å². The van der Waals surface area contributed by atoms with Crippen LogP contribution >= 0.6 is 0 Å². The summed E-state index contributed by atoms with van der Waals surface area (Å²) in [7, 11) is -3.60. The highest BCUT2D eigenvalue weighted by Gasteiger charge is 2.29. The summed E-state index contributed by atoms with van der Waals surface area (Å²) in [4.78, 5) is 4.22. The minimum Gasteiger partial charge on any atom is -0.380 e. The third-order valence-electron chi connectivity index (χ3n) is 4.02. The van der Waals surface area contributed by atoms with Gasteiger partial charge in [-0.1, -0.05) is 36.4 Å².